The summed E-state index contributed by atoms with van der Waals surface area (Å²) in [6.07, 6.45) is 3.19. The second kappa shape index (κ2) is 6.89. The number of carboxylic acids is 1. The van der Waals surface area contributed by atoms with Gasteiger partial charge < -0.3 is 10.8 Å². The first-order valence-corrected chi connectivity index (χ1v) is 5.02. The van der Waals surface area contributed by atoms with Crippen LogP contribution < -0.4 is 5.73 Å². The molecule has 0 rings (SSSR count). The SMILES string of the molecule is CCC(C)CC(CCN)CC(=O)O. The van der Waals surface area contributed by atoms with E-state index in [-0.39, 0.29) is 12.3 Å². The molecule has 0 aliphatic heterocycles. The van der Waals surface area contributed by atoms with Crippen LogP contribution in [0.1, 0.15) is 39.5 Å². The minimum Gasteiger partial charge on any atom is -0.481 e. The van der Waals surface area contributed by atoms with Gasteiger partial charge in [-0.05, 0) is 31.2 Å². The Morgan fingerprint density at radius 2 is 2.15 bits per heavy atom. The highest BCUT2D eigenvalue weighted by atomic mass is 16.4. The molecule has 78 valence electrons. The molecule has 2 atom stereocenters. The standard InChI is InChI=1S/C10H21NO2/c1-3-8(2)6-9(4-5-11)7-10(12)13/h8-9H,3-7,11H2,1-2H3,(H,12,13). The summed E-state index contributed by atoms with van der Waals surface area (Å²) in [4.78, 5) is 10.5. The predicted molar refractivity (Wildman–Crippen MR) is 53.5 cm³/mol. The lowest BCUT2D eigenvalue weighted by atomic mass is 9.89. The summed E-state index contributed by atoms with van der Waals surface area (Å²) in [6.45, 7) is 4.88. The third kappa shape index (κ3) is 6.58. The molecule has 2 unspecified atom stereocenters. The average molecular weight is 187 g/mol. The van der Waals surface area contributed by atoms with Crippen molar-refractivity contribution in [2.24, 2.45) is 17.6 Å². The molecule has 0 fully saturated rings. The second-order valence-electron chi connectivity index (χ2n) is 3.79. The Labute approximate surface area is 80.3 Å². The molecule has 0 aromatic carbocycles. The molecule has 0 aromatic heterocycles. The van der Waals surface area contributed by atoms with Crippen molar-refractivity contribution in [3.63, 3.8) is 0 Å². The van der Waals surface area contributed by atoms with E-state index in [1.54, 1.807) is 0 Å². The lowest BCUT2D eigenvalue weighted by molar-refractivity contribution is -0.138. The molecule has 13 heavy (non-hydrogen) atoms. The maximum Gasteiger partial charge on any atom is 0.303 e. The van der Waals surface area contributed by atoms with E-state index in [0.717, 1.165) is 19.3 Å². The zero-order valence-corrected chi connectivity index (χ0v) is 8.62. The van der Waals surface area contributed by atoms with Gasteiger partial charge in [-0.15, -0.1) is 0 Å². The Balaban J connectivity index is 3.85. The summed E-state index contributed by atoms with van der Waals surface area (Å²) < 4.78 is 0. The van der Waals surface area contributed by atoms with Crippen LogP contribution in [0.25, 0.3) is 0 Å². The van der Waals surface area contributed by atoms with E-state index in [1.807, 2.05) is 0 Å². The topological polar surface area (TPSA) is 63.3 Å². The molecule has 0 bridgehead atoms. The van der Waals surface area contributed by atoms with Crippen molar-refractivity contribution in [3.05, 3.63) is 0 Å². The summed E-state index contributed by atoms with van der Waals surface area (Å²) in [5.74, 6) is 0.162. The quantitative estimate of drug-likeness (QED) is 0.639. The Morgan fingerprint density at radius 1 is 1.54 bits per heavy atom. The van der Waals surface area contributed by atoms with Gasteiger partial charge in [0.25, 0.3) is 0 Å². The fraction of sp³-hybridized carbons (Fsp3) is 0.900. The highest BCUT2D eigenvalue weighted by Crippen LogP contribution is 2.20. The maximum absolute atomic E-state index is 10.5. The van der Waals surface area contributed by atoms with Crippen molar-refractivity contribution < 1.29 is 9.90 Å². The normalized spacial score (nSPS) is 15.3. The van der Waals surface area contributed by atoms with E-state index >= 15 is 0 Å². The van der Waals surface area contributed by atoms with Gasteiger partial charge >= 0.3 is 5.97 Å². The van der Waals surface area contributed by atoms with Crippen molar-refractivity contribution in [3.8, 4) is 0 Å². The van der Waals surface area contributed by atoms with Crippen molar-refractivity contribution in [2.45, 2.75) is 39.5 Å². The Hall–Kier alpha value is -0.570. The minimum atomic E-state index is -0.707. The molecule has 0 radical (unpaired) electrons. The van der Waals surface area contributed by atoms with E-state index in [9.17, 15) is 4.79 Å². The number of nitrogens with two attached hydrogens (primary N) is 1. The molecule has 0 aliphatic rings. The van der Waals surface area contributed by atoms with Crippen LogP contribution in [0, 0.1) is 11.8 Å². The fourth-order valence-corrected chi connectivity index (χ4v) is 1.52. The van der Waals surface area contributed by atoms with Gasteiger partial charge in [0, 0.05) is 6.42 Å². The Bertz CT molecular complexity index is 148. The van der Waals surface area contributed by atoms with E-state index < -0.39 is 5.97 Å². The van der Waals surface area contributed by atoms with E-state index in [0.29, 0.717) is 12.5 Å². The molecule has 3 heteroatoms. The number of aliphatic carboxylic acids is 1. The molecule has 0 amide bonds. The van der Waals surface area contributed by atoms with Crippen LogP contribution in [0.5, 0.6) is 0 Å². The molecule has 0 saturated heterocycles. The first-order chi connectivity index (χ1) is 6.10. The lowest BCUT2D eigenvalue weighted by Gasteiger charge is -2.17. The molecule has 0 saturated carbocycles. The average Bonchev–Trinajstić information content (AvgIpc) is 2.03. The number of carbonyl (C=O) groups is 1. The zero-order chi connectivity index (χ0) is 10.3. The largest absolute Gasteiger partial charge is 0.481 e. The maximum atomic E-state index is 10.5. The summed E-state index contributed by atoms with van der Waals surface area (Å²) >= 11 is 0. The number of hydrogen-bond donors (Lipinski definition) is 2. The van der Waals surface area contributed by atoms with Gasteiger partial charge in [-0.3, -0.25) is 4.79 Å². The van der Waals surface area contributed by atoms with Crippen LogP contribution in [-0.2, 0) is 4.79 Å². The van der Waals surface area contributed by atoms with E-state index in [2.05, 4.69) is 13.8 Å². The first kappa shape index (κ1) is 12.4. The van der Waals surface area contributed by atoms with Crippen LogP contribution in [0.4, 0.5) is 0 Å². The van der Waals surface area contributed by atoms with Crippen molar-refractivity contribution in [1.82, 2.24) is 0 Å². The minimum absolute atomic E-state index is 0.262. The van der Waals surface area contributed by atoms with Crippen LogP contribution in [0.3, 0.4) is 0 Å². The van der Waals surface area contributed by atoms with Gasteiger partial charge in [-0.2, -0.15) is 0 Å². The van der Waals surface area contributed by atoms with E-state index in [1.165, 1.54) is 0 Å². The molecule has 0 heterocycles. The van der Waals surface area contributed by atoms with E-state index in [4.69, 9.17) is 10.8 Å². The van der Waals surface area contributed by atoms with Gasteiger partial charge in [-0.1, -0.05) is 20.3 Å². The zero-order valence-electron chi connectivity index (χ0n) is 8.62. The summed E-state index contributed by atoms with van der Waals surface area (Å²) in [5, 5.41) is 8.66. The highest BCUT2D eigenvalue weighted by molar-refractivity contribution is 5.66. The fourth-order valence-electron chi connectivity index (χ4n) is 1.52. The van der Waals surface area contributed by atoms with Crippen LogP contribution >= 0.6 is 0 Å². The Morgan fingerprint density at radius 3 is 2.54 bits per heavy atom. The molecular weight excluding hydrogens is 166 g/mol. The smallest absolute Gasteiger partial charge is 0.303 e. The molecule has 0 aromatic rings. The van der Waals surface area contributed by atoms with Crippen molar-refractivity contribution >= 4 is 5.97 Å². The van der Waals surface area contributed by atoms with Gasteiger partial charge in [0.05, 0.1) is 0 Å². The van der Waals surface area contributed by atoms with Gasteiger partial charge in [0.1, 0.15) is 0 Å². The number of rotatable bonds is 7. The molecular formula is C10H21NO2. The van der Waals surface area contributed by atoms with Gasteiger partial charge in [-0.25, -0.2) is 0 Å². The van der Waals surface area contributed by atoms with Crippen molar-refractivity contribution in [2.75, 3.05) is 6.54 Å². The van der Waals surface area contributed by atoms with Crippen LogP contribution in [0.15, 0.2) is 0 Å². The number of hydrogen-bond acceptors (Lipinski definition) is 2. The van der Waals surface area contributed by atoms with Crippen LogP contribution in [0.2, 0.25) is 0 Å². The third-order valence-electron chi connectivity index (χ3n) is 2.47. The monoisotopic (exact) mass is 187 g/mol. The third-order valence-corrected chi connectivity index (χ3v) is 2.47. The van der Waals surface area contributed by atoms with Gasteiger partial charge in [0.15, 0.2) is 0 Å². The first-order valence-electron chi connectivity index (χ1n) is 5.02. The lowest BCUT2D eigenvalue weighted by Crippen LogP contribution is -2.15. The summed E-state index contributed by atoms with van der Waals surface area (Å²) in [6, 6.07) is 0. The highest BCUT2D eigenvalue weighted by Gasteiger charge is 2.14. The van der Waals surface area contributed by atoms with Gasteiger partial charge in [0.2, 0.25) is 0 Å². The molecule has 0 spiro atoms. The molecule has 3 nitrogen and oxygen atoms in total. The molecule has 0 aliphatic carbocycles. The summed E-state index contributed by atoms with van der Waals surface area (Å²) in [7, 11) is 0. The Kier molecular flexibility index (Phi) is 6.59. The predicted octanol–water partition coefficient (Wildman–Crippen LogP) is 1.86. The second-order valence-corrected chi connectivity index (χ2v) is 3.79. The van der Waals surface area contributed by atoms with Crippen molar-refractivity contribution in [1.29, 1.82) is 0 Å². The molecule has 3 N–H and O–H groups in total. The number of carboxylic acid groups (broad SMARTS) is 1. The summed E-state index contributed by atoms with van der Waals surface area (Å²) in [5.41, 5.74) is 5.43. The van der Waals surface area contributed by atoms with Crippen LogP contribution in [-0.4, -0.2) is 17.6 Å².